The van der Waals surface area contributed by atoms with Crippen molar-refractivity contribution in [3.8, 4) is 0 Å². The number of rotatable bonds is 3. The van der Waals surface area contributed by atoms with E-state index in [1.165, 1.54) is 12.1 Å². The van der Waals surface area contributed by atoms with Gasteiger partial charge in [-0.25, -0.2) is 4.21 Å². The highest BCUT2D eigenvalue weighted by molar-refractivity contribution is 7.80. The smallest absolute Gasteiger partial charge is 0.259 e. The number of hydrogen-bond donors (Lipinski definition) is 3. The summed E-state index contributed by atoms with van der Waals surface area (Å²) in [5, 5.41) is 0. The van der Waals surface area contributed by atoms with E-state index in [1.807, 2.05) is 0 Å². The molecule has 1 aromatic carbocycles. The number of benzene rings is 1. The maximum absolute atomic E-state index is 10.8. The summed E-state index contributed by atoms with van der Waals surface area (Å²) in [6, 6.07) is 6.21. The van der Waals surface area contributed by atoms with E-state index in [0.717, 1.165) is 0 Å². The van der Waals surface area contributed by atoms with Crippen molar-refractivity contribution in [2.75, 3.05) is 4.72 Å². The van der Waals surface area contributed by atoms with E-state index in [0.29, 0.717) is 0 Å². The van der Waals surface area contributed by atoms with Crippen LogP contribution < -0.4 is 10.5 Å². The predicted octanol–water partition coefficient (Wildman–Crippen LogP) is 0.334. The van der Waals surface area contributed by atoms with Crippen LogP contribution in [0, 0.1) is 0 Å². The quantitative estimate of drug-likeness (QED) is 0.614. The Bertz CT molecular complexity index is 353. The molecule has 0 aliphatic carbocycles. The number of nitrogens with two attached hydrogens (primary N) is 1. The fraction of sp³-hybridized carbons (Fsp3) is 0. The van der Waals surface area contributed by atoms with Gasteiger partial charge in [0.25, 0.3) is 17.2 Å². The van der Waals surface area contributed by atoms with Crippen LogP contribution in [0.25, 0.3) is 0 Å². The van der Waals surface area contributed by atoms with Gasteiger partial charge in [-0.15, -0.1) is 0 Å². The zero-order valence-electron chi connectivity index (χ0n) is 6.56. The summed E-state index contributed by atoms with van der Waals surface area (Å²) in [4.78, 5) is 10.8. The minimum atomic E-state index is -2.20. The number of carbonyl (C=O) groups is 1. The van der Waals surface area contributed by atoms with Crippen LogP contribution in [0.5, 0.6) is 0 Å². The number of amides is 1. The lowest BCUT2D eigenvalue weighted by Crippen LogP contribution is -2.14. The fourth-order valence-electron chi connectivity index (χ4n) is 0.881. The van der Waals surface area contributed by atoms with Gasteiger partial charge in [-0.2, -0.15) is 0 Å². The molecule has 0 saturated heterocycles. The zero-order chi connectivity index (χ0) is 9.84. The lowest BCUT2D eigenvalue weighted by molar-refractivity contribution is 0.100. The third-order valence-electron chi connectivity index (χ3n) is 1.39. The first-order chi connectivity index (χ1) is 6.11. The van der Waals surface area contributed by atoms with Gasteiger partial charge < -0.3 is 5.73 Å². The molecule has 0 spiro atoms. The second-order valence-electron chi connectivity index (χ2n) is 2.26. The van der Waals surface area contributed by atoms with E-state index in [2.05, 4.69) is 4.72 Å². The number of anilines is 1. The van der Waals surface area contributed by atoms with E-state index in [-0.39, 0.29) is 11.3 Å². The van der Waals surface area contributed by atoms with Gasteiger partial charge in [0.1, 0.15) is 0 Å². The molecule has 1 atom stereocenters. The molecule has 0 aliphatic heterocycles. The molecule has 6 heteroatoms. The molecular formula is C7H8N2O3S. The number of para-hydroxylation sites is 1. The van der Waals surface area contributed by atoms with Crippen LogP contribution in [0.1, 0.15) is 10.4 Å². The minimum Gasteiger partial charge on any atom is -0.366 e. The number of primary amides is 1. The molecule has 0 heterocycles. The highest BCUT2D eigenvalue weighted by Crippen LogP contribution is 2.14. The summed E-state index contributed by atoms with van der Waals surface area (Å²) in [6.07, 6.45) is 0. The molecule has 0 aromatic heterocycles. The van der Waals surface area contributed by atoms with Crippen molar-refractivity contribution in [1.29, 1.82) is 0 Å². The highest BCUT2D eigenvalue weighted by atomic mass is 32.2. The van der Waals surface area contributed by atoms with Crippen molar-refractivity contribution in [2.45, 2.75) is 0 Å². The second-order valence-corrected chi connectivity index (χ2v) is 2.96. The predicted molar refractivity (Wildman–Crippen MR) is 49.4 cm³/mol. The van der Waals surface area contributed by atoms with Gasteiger partial charge in [0.15, 0.2) is 0 Å². The minimum absolute atomic E-state index is 0.185. The summed E-state index contributed by atoms with van der Waals surface area (Å²) in [5.41, 5.74) is 5.46. The van der Waals surface area contributed by atoms with E-state index in [4.69, 9.17) is 10.3 Å². The largest absolute Gasteiger partial charge is 0.366 e. The average molecular weight is 200 g/mol. The van der Waals surface area contributed by atoms with Crippen LogP contribution >= 0.6 is 0 Å². The molecule has 0 radical (unpaired) electrons. The lowest BCUT2D eigenvalue weighted by Gasteiger charge is -2.04. The van der Waals surface area contributed by atoms with Crippen molar-refractivity contribution in [3.05, 3.63) is 29.8 Å². The third-order valence-corrected chi connectivity index (χ3v) is 1.78. The third kappa shape index (κ3) is 2.53. The molecule has 1 aromatic rings. The first kappa shape index (κ1) is 9.69. The summed E-state index contributed by atoms with van der Waals surface area (Å²) in [7, 11) is 0. The summed E-state index contributed by atoms with van der Waals surface area (Å²) in [5.74, 6) is -0.645. The van der Waals surface area contributed by atoms with Gasteiger partial charge >= 0.3 is 0 Å². The van der Waals surface area contributed by atoms with Crippen LogP contribution in [0.2, 0.25) is 0 Å². The Morgan fingerprint density at radius 2 is 2.08 bits per heavy atom. The zero-order valence-corrected chi connectivity index (χ0v) is 7.38. The molecule has 70 valence electrons. The van der Waals surface area contributed by atoms with Crippen LogP contribution in [-0.2, 0) is 11.3 Å². The summed E-state index contributed by atoms with van der Waals surface area (Å²) in [6.45, 7) is 0. The number of carbonyl (C=O) groups excluding carboxylic acids is 1. The first-order valence-electron chi connectivity index (χ1n) is 3.37. The Labute approximate surface area is 77.4 Å². The SMILES string of the molecule is NC(=O)c1ccccc1NS(=O)O. The molecular weight excluding hydrogens is 192 g/mol. The molecule has 1 rings (SSSR count). The lowest BCUT2D eigenvalue weighted by atomic mass is 10.2. The van der Waals surface area contributed by atoms with E-state index >= 15 is 0 Å². The van der Waals surface area contributed by atoms with Gasteiger partial charge in [-0.1, -0.05) is 12.1 Å². The highest BCUT2D eigenvalue weighted by Gasteiger charge is 2.07. The van der Waals surface area contributed by atoms with Gasteiger partial charge in [0.2, 0.25) is 0 Å². The monoisotopic (exact) mass is 200 g/mol. The van der Waals surface area contributed by atoms with Gasteiger partial charge in [0.05, 0.1) is 11.3 Å². The standard InChI is InChI=1S/C7H8N2O3S/c8-7(10)5-3-1-2-4-6(5)9-13(11)12/h1-4,9H,(H2,8,10)(H,11,12). The van der Waals surface area contributed by atoms with Crippen molar-refractivity contribution < 1.29 is 13.6 Å². The first-order valence-corrected chi connectivity index (χ1v) is 4.48. The van der Waals surface area contributed by atoms with Gasteiger partial charge in [-0.3, -0.25) is 14.1 Å². The molecule has 1 amide bonds. The Hall–Kier alpha value is -1.40. The second kappa shape index (κ2) is 4.01. The normalized spacial score (nSPS) is 12.1. The molecule has 0 bridgehead atoms. The van der Waals surface area contributed by atoms with Crippen LogP contribution in [0.15, 0.2) is 24.3 Å². The van der Waals surface area contributed by atoms with Gasteiger partial charge in [-0.05, 0) is 12.1 Å². The number of hydrogen-bond acceptors (Lipinski definition) is 2. The van der Waals surface area contributed by atoms with Crippen LogP contribution in [0.4, 0.5) is 5.69 Å². The maximum Gasteiger partial charge on any atom is 0.259 e. The fourth-order valence-corrected chi connectivity index (χ4v) is 1.25. The Balaban J connectivity index is 3.04. The Morgan fingerprint density at radius 3 is 2.62 bits per heavy atom. The molecule has 0 aliphatic rings. The average Bonchev–Trinajstić information content (AvgIpc) is 2.03. The number of nitrogens with one attached hydrogen (secondary N) is 1. The summed E-state index contributed by atoms with van der Waals surface area (Å²) >= 11 is -2.20. The van der Waals surface area contributed by atoms with E-state index < -0.39 is 17.2 Å². The Kier molecular flexibility index (Phi) is 2.99. The topological polar surface area (TPSA) is 92.4 Å². The van der Waals surface area contributed by atoms with Crippen molar-refractivity contribution in [2.24, 2.45) is 5.73 Å². The van der Waals surface area contributed by atoms with Crippen LogP contribution in [-0.4, -0.2) is 14.7 Å². The molecule has 0 saturated carbocycles. The van der Waals surface area contributed by atoms with Crippen molar-refractivity contribution in [3.63, 3.8) is 0 Å². The van der Waals surface area contributed by atoms with Crippen molar-refractivity contribution in [1.82, 2.24) is 0 Å². The van der Waals surface area contributed by atoms with Crippen LogP contribution in [0.3, 0.4) is 0 Å². The molecule has 1 unspecified atom stereocenters. The van der Waals surface area contributed by atoms with Gasteiger partial charge in [0, 0.05) is 0 Å². The molecule has 13 heavy (non-hydrogen) atoms. The molecule has 5 nitrogen and oxygen atoms in total. The van der Waals surface area contributed by atoms with E-state index in [1.54, 1.807) is 12.1 Å². The molecule has 4 N–H and O–H groups in total. The van der Waals surface area contributed by atoms with Crippen molar-refractivity contribution >= 4 is 22.9 Å². The summed E-state index contributed by atoms with van der Waals surface area (Å²) < 4.78 is 21.1. The molecule has 0 fully saturated rings. The Morgan fingerprint density at radius 1 is 1.46 bits per heavy atom. The van der Waals surface area contributed by atoms with E-state index in [9.17, 15) is 9.00 Å². The maximum atomic E-state index is 10.8.